The fourth-order valence-corrected chi connectivity index (χ4v) is 2.16. The Morgan fingerprint density at radius 2 is 2.17 bits per heavy atom. The van der Waals surface area contributed by atoms with Gasteiger partial charge in [-0.2, -0.15) is 0 Å². The second-order valence-electron chi connectivity index (χ2n) is 3.96. The Balaban J connectivity index is 2.71. The molecular formula is C10H18O2. The van der Waals surface area contributed by atoms with Crippen LogP contribution >= 0.6 is 0 Å². The molecule has 1 aliphatic rings. The molecule has 2 N–H and O–H groups in total. The highest BCUT2D eigenvalue weighted by Crippen LogP contribution is 2.40. The largest absolute Gasteiger partial charge is 0.396 e. The monoisotopic (exact) mass is 170 g/mol. The lowest BCUT2D eigenvalue weighted by molar-refractivity contribution is 0.107. The molecule has 0 heterocycles. The summed E-state index contributed by atoms with van der Waals surface area (Å²) >= 11 is 0. The summed E-state index contributed by atoms with van der Waals surface area (Å²) in [6.45, 7) is 8.01. The van der Waals surface area contributed by atoms with E-state index < -0.39 is 0 Å². The van der Waals surface area contributed by atoms with Crippen molar-refractivity contribution >= 4 is 0 Å². The van der Waals surface area contributed by atoms with Gasteiger partial charge in [-0.1, -0.05) is 19.1 Å². The molecule has 0 spiro atoms. The number of hydrogen-bond donors (Lipinski definition) is 2. The van der Waals surface area contributed by atoms with E-state index in [9.17, 15) is 5.11 Å². The maximum Gasteiger partial charge on any atom is 0.0575 e. The van der Waals surface area contributed by atoms with Crippen LogP contribution in [0.25, 0.3) is 0 Å². The summed E-state index contributed by atoms with van der Waals surface area (Å²) in [6, 6.07) is 0. The van der Waals surface area contributed by atoms with Crippen LogP contribution < -0.4 is 0 Å². The van der Waals surface area contributed by atoms with Crippen molar-refractivity contribution in [1.82, 2.24) is 0 Å². The quantitative estimate of drug-likeness (QED) is 0.611. The molecule has 0 aromatic heterocycles. The van der Waals surface area contributed by atoms with E-state index in [1.807, 2.05) is 13.8 Å². The lowest BCUT2D eigenvalue weighted by Gasteiger charge is -2.20. The van der Waals surface area contributed by atoms with Crippen LogP contribution in [0.5, 0.6) is 0 Å². The van der Waals surface area contributed by atoms with Gasteiger partial charge in [0, 0.05) is 6.61 Å². The highest BCUT2D eigenvalue weighted by Gasteiger charge is 2.39. The van der Waals surface area contributed by atoms with Crippen LogP contribution in [0.15, 0.2) is 12.2 Å². The van der Waals surface area contributed by atoms with E-state index in [0.29, 0.717) is 5.92 Å². The summed E-state index contributed by atoms with van der Waals surface area (Å²) in [6.07, 6.45) is 0.505. The molecule has 1 saturated carbocycles. The van der Waals surface area contributed by atoms with Crippen molar-refractivity contribution in [3.8, 4) is 0 Å². The molecule has 1 rings (SSSR count). The first-order valence-electron chi connectivity index (χ1n) is 4.52. The molecule has 1 aliphatic carbocycles. The summed E-state index contributed by atoms with van der Waals surface area (Å²) in [5, 5.41) is 18.7. The Morgan fingerprint density at radius 3 is 2.50 bits per heavy atom. The predicted molar refractivity (Wildman–Crippen MR) is 48.7 cm³/mol. The molecule has 0 aliphatic heterocycles. The summed E-state index contributed by atoms with van der Waals surface area (Å²) in [5.41, 5.74) is 1.08. The average Bonchev–Trinajstić information content (AvgIpc) is 2.29. The van der Waals surface area contributed by atoms with Crippen LogP contribution in [0.2, 0.25) is 0 Å². The van der Waals surface area contributed by atoms with Crippen molar-refractivity contribution in [3.05, 3.63) is 12.2 Å². The molecule has 4 atom stereocenters. The lowest BCUT2D eigenvalue weighted by Crippen LogP contribution is -2.20. The molecule has 12 heavy (non-hydrogen) atoms. The van der Waals surface area contributed by atoms with Crippen LogP contribution in [0.1, 0.15) is 20.3 Å². The molecule has 0 radical (unpaired) electrons. The van der Waals surface area contributed by atoms with Gasteiger partial charge in [0.25, 0.3) is 0 Å². The van der Waals surface area contributed by atoms with Gasteiger partial charge in [-0.15, -0.1) is 0 Å². The Kier molecular flexibility index (Phi) is 2.91. The van der Waals surface area contributed by atoms with E-state index in [1.165, 1.54) is 0 Å². The second-order valence-corrected chi connectivity index (χ2v) is 3.96. The number of aliphatic hydroxyl groups is 2. The normalized spacial score (nSPS) is 41.7. The first-order chi connectivity index (χ1) is 5.57. The van der Waals surface area contributed by atoms with Crippen molar-refractivity contribution in [2.24, 2.45) is 17.8 Å². The molecule has 0 aromatic carbocycles. The van der Waals surface area contributed by atoms with Crippen LogP contribution in [-0.2, 0) is 0 Å². The van der Waals surface area contributed by atoms with Gasteiger partial charge in [0.1, 0.15) is 0 Å². The van der Waals surface area contributed by atoms with E-state index in [0.717, 1.165) is 12.0 Å². The number of hydrogen-bond acceptors (Lipinski definition) is 2. The van der Waals surface area contributed by atoms with Crippen molar-refractivity contribution < 1.29 is 10.2 Å². The zero-order chi connectivity index (χ0) is 9.30. The first-order valence-corrected chi connectivity index (χ1v) is 4.52. The molecule has 2 heteroatoms. The molecule has 70 valence electrons. The average molecular weight is 170 g/mol. The van der Waals surface area contributed by atoms with Crippen LogP contribution in [-0.4, -0.2) is 22.9 Å². The number of aliphatic hydroxyl groups excluding tert-OH is 2. The van der Waals surface area contributed by atoms with Gasteiger partial charge in [0.15, 0.2) is 0 Å². The Bertz CT molecular complexity index is 177. The van der Waals surface area contributed by atoms with Crippen LogP contribution in [0.4, 0.5) is 0 Å². The highest BCUT2D eigenvalue weighted by molar-refractivity contribution is 5.05. The maximum atomic E-state index is 9.57. The second kappa shape index (κ2) is 3.58. The molecule has 1 fully saturated rings. The smallest absolute Gasteiger partial charge is 0.0575 e. The number of allylic oxidation sites excluding steroid dienone is 1. The van der Waals surface area contributed by atoms with E-state index in [-0.39, 0.29) is 24.5 Å². The third-order valence-corrected chi connectivity index (χ3v) is 3.14. The van der Waals surface area contributed by atoms with Crippen molar-refractivity contribution in [2.75, 3.05) is 6.61 Å². The van der Waals surface area contributed by atoms with Crippen molar-refractivity contribution in [2.45, 2.75) is 26.4 Å². The molecule has 2 nitrogen and oxygen atoms in total. The topological polar surface area (TPSA) is 40.5 Å². The van der Waals surface area contributed by atoms with Gasteiger partial charge in [0.2, 0.25) is 0 Å². The molecule has 0 bridgehead atoms. The van der Waals surface area contributed by atoms with E-state index in [1.54, 1.807) is 0 Å². The Labute approximate surface area is 73.9 Å². The minimum Gasteiger partial charge on any atom is -0.396 e. The van der Waals surface area contributed by atoms with E-state index in [4.69, 9.17) is 5.11 Å². The Morgan fingerprint density at radius 1 is 1.58 bits per heavy atom. The highest BCUT2D eigenvalue weighted by atomic mass is 16.3. The summed E-state index contributed by atoms with van der Waals surface area (Å²) in [7, 11) is 0. The minimum absolute atomic E-state index is 0.162. The standard InChI is InChI=1S/C10H18O2/c1-6(2)8-4-10(12)7(3)9(8)5-11/h7-12H,1,4-5H2,2-3H3/t7-,8+,9-,10-/m0/s1. The molecule has 0 unspecified atom stereocenters. The van der Waals surface area contributed by atoms with Gasteiger partial charge in [-0.05, 0) is 31.1 Å². The minimum atomic E-state index is -0.260. The fraction of sp³-hybridized carbons (Fsp3) is 0.800. The van der Waals surface area contributed by atoms with Gasteiger partial charge < -0.3 is 10.2 Å². The molecule has 0 amide bonds. The molecule has 0 saturated heterocycles. The van der Waals surface area contributed by atoms with Gasteiger partial charge in [-0.3, -0.25) is 0 Å². The van der Waals surface area contributed by atoms with E-state index >= 15 is 0 Å². The van der Waals surface area contributed by atoms with Crippen LogP contribution in [0, 0.1) is 17.8 Å². The van der Waals surface area contributed by atoms with Gasteiger partial charge in [-0.25, -0.2) is 0 Å². The molecular weight excluding hydrogens is 152 g/mol. The van der Waals surface area contributed by atoms with Crippen LogP contribution in [0.3, 0.4) is 0 Å². The first kappa shape index (κ1) is 9.75. The summed E-state index contributed by atoms with van der Waals surface area (Å²) < 4.78 is 0. The maximum absolute atomic E-state index is 9.57. The fourth-order valence-electron chi connectivity index (χ4n) is 2.16. The number of rotatable bonds is 2. The predicted octanol–water partition coefficient (Wildman–Crippen LogP) is 1.19. The van der Waals surface area contributed by atoms with Crippen molar-refractivity contribution in [1.29, 1.82) is 0 Å². The summed E-state index contributed by atoms with van der Waals surface area (Å²) in [4.78, 5) is 0. The lowest BCUT2D eigenvalue weighted by atomic mass is 9.87. The van der Waals surface area contributed by atoms with E-state index in [2.05, 4.69) is 6.58 Å². The molecule has 0 aromatic rings. The van der Waals surface area contributed by atoms with Gasteiger partial charge in [0.05, 0.1) is 6.10 Å². The zero-order valence-electron chi connectivity index (χ0n) is 7.83. The SMILES string of the molecule is C=C(C)[C@H]1C[C@H](O)[C@@H](C)[C@@H]1CO. The third kappa shape index (κ3) is 1.54. The van der Waals surface area contributed by atoms with Gasteiger partial charge >= 0.3 is 0 Å². The summed E-state index contributed by atoms with van der Waals surface area (Å²) in [5.74, 6) is 0.717. The Hall–Kier alpha value is -0.340. The third-order valence-electron chi connectivity index (χ3n) is 3.14. The zero-order valence-corrected chi connectivity index (χ0v) is 7.83. The van der Waals surface area contributed by atoms with Crippen molar-refractivity contribution in [3.63, 3.8) is 0 Å².